The number of amides is 2. The second kappa shape index (κ2) is 18.8. The van der Waals surface area contributed by atoms with Crippen LogP contribution in [-0.2, 0) is 36.9 Å². The summed E-state index contributed by atoms with van der Waals surface area (Å²) in [6, 6.07) is 15.5. The zero-order valence-corrected chi connectivity index (χ0v) is 35.3. The molecule has 3 aromatic rings. The average Bonchev–Trinajstić information content (AvgIpc) is 3.74. The summed E-state index contributed by atoms with van der Waals surface area (Å²) in [6.07, 6.45) is 4.53. The minimum absolute atomic E-state index is 0.00529. The summed E-state index contributed by atoms with van der Waals surface area (Å²) in [4.78, 5) is 46.4. The van der Waals surface area contributed by atoms with Crippen molar-refractivity contribution in [3.05, 3.63) is 54.1 Å². The third-order valence-corrected chi connectivity index (χ3v) is 11.0. The number of ether oxygens (including phenoxy) is 2. The van der Waals surface area contributed by atoms with Gasteiger partial charge in [-0.05, 0) is 62.5 Å². The monoisotopic (exact) mass is 784 g/mol. The highest BCUT2D eigenvalue weighted by molar-refractivity contribution is 6.01. The number of amidine groups is 1. The number of aliphatic imine (C=N–C) groups is 1. The van der Waals surface area contributed by atoms with Gasteiger partial charge in [0.15, 0.2) is 0 Å². The maximum atomic E-state index is 14.0. The van der Waals surface area contributed by atoms with Crippen molar-refractivity contribution in [2.75, 3.05) is 37.7 Å². The third kappa shape index (κ3) is 12.2. The van der Waals surface area contributed by atoms with Gasteiger partial charge in [0.1, 0.15) is 18.8 Å². The van der Waals surface area contributed by atoms with Gasteiger partial charge in [-0.2, -0.15) is 0 Å². The molecule has 0 saturated heterocycles. The van der Waals surface area contributed by atoms with E-state index in [9.17, 15) is 14.4 Å². The van der Waals surface area contributed by atoms with E-state index in [1.54, 1.807) is 9.58 Å². The summed E-state index contributed by atoms with van der Waals surface area (Å²) in [5.74, 6) is 0.306. The van der Waals surface area contributed by atoms with Crippen molar-refractivity contribution in [1.82, 2.24) is 25.6 Å². The molecule has 57 heavy (non-hydrogen) atoms. The number of benzene rings is 2. The number of hydrogen-bond acceptors (Lipinski definition) is 9. The van der Waals surface area contributed by atoms with Crippen molar-refractivity contribution in [2.45, 2.75) is 119 Å². The fraction of sp³-hybridized carbons (Fsp3) is 0.591. The number of nitrogens with two attached hydrogens (primary N) is 1. The summed E-state index contributed by atoms with van der Waals surface area (Å²) < 4.78 is 13.3. The van der Waals surface area contributed by atoms with Gasteiger partial charge >= 0.3 is 5.97 Å². The molecule has 1 unspecified atom stereocenters. The topological polar surface area (TPSA) is 166 Å². The lowest BCUT2D eigenvalue weighted by atomic mass is 9.88. The van der Waals surface area contributed by atoms with Crippen LogP contribution in [0.3, 0.4) is 0 Å². The molecule has 2 heterocycles. The lowest BCUT2D eigenvalue weighted by Crippen LogP contribution is -2.42. The van der Waals surface area contributed by atoms with E-state index >= 15 is 0 Å². The van der Waals surface area contributed by atoms with Crippen LogP contribution in [0.2, 0.25) is 0 Å². The van der Waals surface area contributed by atoms with E-state index < -0.39 is 11.6 Å². The van der Waals surface area contributed by atoms with Crippen molar-refractivity contribution >= 4 is 29.3 Å². The van der Waals surface area contributed by atoms with E-state index in [1.807, 2.05) is 76.2 Å². The molecule has 1 atom stereocenters. The van der Waals surface area contributed by atoms with Gasteiger partial charge in [0, 0.05) is 61.7 Å². The lowest BCUT2D eigenvalue weighted by Gasteiger charge is -2.30. The molecule has 0 bridgehead atoms. The number of fused-ring (bicyclic) bond motifs is 5. The van der Waals surface area contributed by atoms with E-state index in [2.05, 4.69) is 48.6 Å². The number of nitrogens with one attached hydrogen (secondary N) is 2. The summed E-state index contributed by atoms with van der Waals surface area (Å²) >= 11 is 0. The third-order valence-electron chi connectivity index (χ3n) is 11.0. The molecule has 1 aromatic heterocycles. The quantitative estimate of drug-likeness (QED) is 0.0517. The first-order chi connectivity index (χ1) is 27.0. The van der Waals surface area contributed by atoms with Crippen LogP contribution in [0, 0.1) is 16.7 Å². The molecular formula is C44H64N8O5. The van der Waals surface area contributed by atoms with Crippen molar-refractivity contribution in [1.29, 1.82) is 0 Å². The number of nitrogens with zero attached hydrogens (tertiary/aromatic N) is 5. The Hall–Kier alpha value is -4.62. The number of anilines is 1. The van der Waals surface area contributed by atoms with Crippen LogP contribution in [0.15, 0.2) is 53.5 Å². The number of aromatic nitrogens is 3. The molecule has 4 N–H and O–H groups in total. The van der Waals surface area contributed by atoms with Gasteiger partial charge in [0.2, 0.25) is 11.8 Å². The Kier molecular flexibility index (Phi) is 14.3. The smallest absolute Gasteiger partial charge is 0.327 e. The van der Waals surface area contributed by atoms with E-state index in [-0.39, 0.29) is 55.8 Å². The Bertz CT molecular complexity index is 1900. The van der Waals surface area contributed by atoms with Gasteiger partial charge in [-0.3, -0.25) is 19.4 Å². The molecule has 1 saturated carbocycles. The van der Waals surface area contributed by atoms with Crippen molar-refractivity contribution in [2.24, 2.45) is 27.5 Å². The Morgan fingerprint density at radius 1 is 0.982 bits per heavy atom. The van der Waals surface area contributed by atoms with Crippen molar-refractivity contribution in [3.63, 3.8) is 0 Å². The molecule has 2 aliphatic rings. The number of para-hydroxylation sites is 1. The first kappa shape index (κ1) is 43.5. The number of hydrogen-bond donors (Lipinski definition) is 3. The van der Waals surface area contributed by atoms with Crippen LogP contribution in [0.4, 0.5) is 5.69 Å². The normalized spacial score (nSPS) is 15.5. The molecular weight excluding hydrogens is 721 g/mol. The van der Waals surface area contributed by atoms with Gasteiger partial charge in [-0.25, -0.2) is 4.68 Å². The highest BCUT2D eigenvalue weighted by Gasteiger charge is 2.38. The first-order valence-corrected chi connectivity index (χ1v) is 20.5. The maximum absolute atomic E-state index is 14.0. The van der Waals surface area contributed by atoms with E-state index in [1.165, 1.54) is 19.3 Å². The van der Waals surface area contributed by atoms with Crippen LogP contribution >= 0.6 is 0 Å². The van der Waals surface area contributed by atoms with Gasteiger partial charge in [0.05, 0.1) is 29.4 Å². The van der Waals surface area contributed by atoms with Crippen LogP contribution in [0.1, 0.15) is 99.5 Å². The van der Waals surface area contributed by atoms with Crippen molar-refractivity contribution in [3.8, 4) is 22.5 Å². The molecule has 13 heteroatoms. The molecule has 2 amide bonds. The zero-order chi connectivity index (χ0) is 41.4. The van der Waals surface area contributed by atoms with Gasteiger partial charge in [0.25, 0.3) is 0 Å². The molecule has 310 valence electrons. The Balaban J connectivity index is 1.17. The molecule has 0 spiro atoms. The predicted molar refractivity (Wildman–Crippen MR) is 224 cm³/mol. The zero-order valence-electron chi connectivity index (χ0n) is 35.3. The van der Waals surface area contributed by atoms with Crippen LogP contribution in [-0.4, -0.2) is 83.1 Å². The summed E-state index contributed by atoms with van der Waals surface area (Å²) in [5.41, 5.74) is 10.3. The highest BCUT2D eigenvalue weighted by atomic mass is 16.5. The first-order valence-electron chi connectivity index (χ1n) is 20.5. The van der Waals surface area contributed by atoms with Crippen molar-refractivity contribution < 1.29 is 23.9 Å². The fourth-order valence-corrected chi connectivity index (χ4v) is 7.14. The van der Waals surface area contributed by atoms with Crippen LogP contribution < -0.4 is 21.3 Å². The molecule has 13 nitrogen and oxygen atoms in total. The second-order valence-corrected chi connectivity index (χ2v) is 17.8. The standard InChI is InChI=1S/C44H64N8O5/c1-30(2)46-22-24-56-38(55)28-52-40-33-14-10-9-13-32(33)27-51(35-16-12-11-15-34(35)39(40)49-50-52)37(54)18-17-36(53)48-29-43(6,7)57-23-21-42(4,5)41(45)47-26-31(3)25-44(8)19-20-44/h9-16,30-31,46H,17-29H2,1-8H3,(H2,45,47)(H,48,53). The molecule has 5 rings (SSSR count). The highest BCUT2D eigenvalue weighted by Crippen LogP contribution is 2.50. The van der Waals surface area contributed by atoms with E-state index in [4.69, 9.17) is 20.2 Å². The largest absolute Gasteiger partial charge is 0.463 e. The fourth-order valence-electron chi connectivity index (χ4n) is 7.14. The second-order valence-electron chi connectivity index (χ2n) is 17.8. The molecule has 0 radical (unpaired) electrons. The number of carbonyl (C=O) groups excluding carboxylic acids is 3. The Labute approximate surface area is 338 Å². The SMILES string of the molecule is CC(CN=C(N)C(C)(C)CCOC(C)(C)CNC(=O)CCC(=O)N1Cc2ccccc2-c2c(nnn2CC(=O)OCCNC(C)C)-c2ccccc21)CC1(C)CC1. The van der Waals surface area contributed by atoms with Gasteiger partial charge in [-0.15, -0.1) is 5.10 Å². The van der Waals surface area contributed by atoms with Crippen LogP contribution in [0.5, 0.6) is 0 Å². The number of rotatable bonds is 20. The molecule has 1 fully saturated rings. The van der Waals surface area contributed by atoms with E-state index in [0.29, 0.717) is 65.9 Å². The number of carbonyl (C=O) groups is 3. The molecule has 1 aliphatic carbocycles. The predicted octanol–water partition coefficient (Wildman–Crippen LogP) is 6.29. The van der Waals surface area contributed by atoms with Crippen LogP contribution in [0.25, 0.3) is 22.5 Å². The molecule has 2 aromatic carbocycles. The van der Waals surface area contributed by atoms with Gasteiger partial charge in [-0.1, -0.05) is 89.2 Å². The minimum atomic E-state index is -0.627. The summed E-state index contributed by atoms with van der Waals surface area (Å²) in [6.45, 7) is 19.2. The number of esters is 1. The summed E-state index contributed by atoms with van der Waals surface area (Å²) in [7, 11) is 0. The lowest BCUT2D eigenvalue weighted by molar-refractivity contribution is -0.144. The minimum Gasteiger partial charge on any atom is -0.463 e. The molecule has 1 aliphatic heterocycles. The van der Waals surface area contributed by atoms with Gasteiger partial charge < -0.3 is 30.7 Å². The average molecular weight is 785 g/mol. The Morgan fingerprint density at radius 2 is 1.68 bits per heavy atom. The Morgan fingerprint density at radius 3 is 2.40 bits per heavy atom. The maximum Gasteiger partial charge on any atom is 0.327 e. The summed E-state index contributed by atoms with van der Waals surface area (Å²) in [5, 5.41) is 15.1. The van der Waals surface area contributed by atoms with E-state index in [0.717, 1.165) is 17.7 Å².